The second kappa shape index (κ2) is 6.55. The van der Waals surface area contributed by atoms with Gasteiger partial charge in [0.05, 0.1) is 6.54 Å². The zero-order valence-electron chi connectivity index (χ0n) is 14.7. The second-order valence-electron chi connectivity index (χ2n) is 7.20. The van der Waals surface area contributed by atoms with Crippen molar-refractivity contribution in [3.63, 3.8) is 0 Å². The highest BCUT2D eigenvalue weighted by Crippen LogP contribution is 2.35. The molecule has 0 spiro atoms. The molecular formula is C18H24N6O. The van der Waals surface area contributed by atoms with E-state index in [2.05, 4.69) is 27.0 Å². The van der Waals surface area contributed by atoms with Gasteiger partial charge in [0.15, 0.2) is 0 Å². The number of aromatic nitrogens is 4. The predicted molar refractivity (Wildman–Crippen MR) is 93.0 cm³/mol. The summed E-state index contributed by atoms with van der Waals surface area (Å²) in [7, 11) is 2.20. The van der Waals surface area contributed by atoms with Gasteiger partial charge in [-0.15, -0.1) is 0 Å². The summed E-state index contributed by atoms with van der Waals surface area (Å²) in [4.78, 5) is 25.7. The van der Waals surface area contributed by atoms with Crippen molar-refractivity contribution in [3.8, 4) is 0 Å². The number of fused-ring (bicyclic) bond motifs is 1. The molecule has 132 valence electrons. The van der Waals surface area contributed by atoms with Crippen LogP contribution in [0.2, 0.25) is 0 Å². The molecule has 0 N–H and O–H groups in total. The summed E-state index contributed by atoms with van der Waals surface area (Å²) in [5.41, 5.74) is 1.44. The molecule has 1 amide bonds. The van der Waals surface area contributed by atoms with Crippen LogP contribution in [0.3, 0.4) is 0 Å². The lowest BCUT2D eigenvalue weighted by molar-refractivity contribution is 0.0601. The van der Waals surface area contributed by atoms with Crippen LogP contribution in [0.4, 0.5) is 0 Å². The number of pyridine rings is 1. The van der Waals surface area contributed by atoms with Gasteiger partial charge < -0.3 is 4.90 Å². The van der Waals surface area contributed by atoms with Crippen LogP contribution in [-0.4, -0.2) is 67.7 Å². The SMILES string of the molecule is Cc1cccc(C(=O)N2CC[C@@H]3[C@@H](C[C@H](Cn4cncn4)N3C)C2)n1. The van der Waals surface area contributed by atoms with Gasteiger partial charge in [-0.05, 0) is 44.9 Å². The van der Waals surface area contributed by atoms with Crippen LogP contribution >= 0.6 is 0 Å². The van der Waals surface area contributed by atoms with Gasteiger partial charge in [0.25, 0.3) is 5.91 Å². The number of likely N-dealkylation sites (N-methyl/N-ethyl adjacent to an activating group) is 1. The summed E-state index contributed by atoms with van der Waals surface area (Å²) in [5.74, 6) is 0.575. The fraction of sp³-hybridized carbons (Fsp3) is 0.556. The number of carbonyl (C=O) groups is 1. The van der Waals surface area contributed by atoms with Gasteiger partial charge in [-0.3, -0.25) is 14.4 Å². The van der Waals surface area contributed by atoms with Crippen LogP contribution in [0.5, 0.6) is 0 Å². The Bertz CT molecular complexity index is 746. The summed E-state index contributed by atoms with van der Waals surface area (Å²) >= 11 is 0. The first-order valence-corrected chi connectivity index (χ1v) is 8.89. The van der Waals surface area contributed by atoms with E-state index in [4.69, 9.17) is 0 Å². The van der Waals surface area contributed by atoms with Gasteiger partial charge in [0.2, 0.25) is 0 Å². The number of likely N-dealkylation sites (tertiary alicyclic amines) is 2. The van der Waals surface area contributed by atoms with Crippen molar-refractivity contribution in [2.45, 2.75) is 38.4 Å². The van der Waals surface area contributed by atoms with Crippen LogP contribution in [0.1, 0.15) is 29.0 Å². The standard InChI is InChI=1S/C18H24N6O/c1-13-4-3-5-16(21-13)18(25)23-7-6-17-14(9-23)8-15(22(17)2)10-24-12-19-11-20-24/h3-5,11-12,14-15,17H,6-10H2,1-2H3/t14-,15+,17+/m0/s1. The van der Waals surface area contributed by atoms with Crippen LogP contribution < -0.4 is 0 Å². The maximum atomic E-state index is 12.8. The number of nitrogens with zero attached hydrogens (tertiary/aromatic N) is 6. The van der Waals surface area contributed by atoms with Gasteiger partial charge in [-0.1, -0.05) is 6.07 Å². The van der Waals surface area contributed by atoms with E-state index in [9.17, 15) is 4.79 Å². The van der Waals surface area contributed by atoms with Crippen molar-refractivity contribution in [1.82, 2.24) is 29.5 Å². The van der Waals surface area contributed by atoms with Crippen molar-refractivity contribution in [2.75, 3.05) is 20.1 Å². The Balaban J connectivity index is 1.43. The minimum absolute atomic E-state index is 0.0597. The highest BCUT2D eigenvalue weighted by molar-refractivity contribution is 5.92. The highest BCUT2D eigenvalue weighted by atomic mass is 16.2. The van der Waals surface area contributed by atoms with Crippen LogP contribution in [-0.2, 0) is 6.54 Å². The average Bonchev–Trinajstić information content (AvgIpc) is 3.23. The van der Waals surface area contributed by atoms with Crippen molar-refractivity contribution in [2.24, 2.45) is 5.92 Å². The molecule has 0 aliphatic carbocycles. The lowest BCUT2D eigenvalue weighted by atomic mass is 9.92. The first-order valence-electron chi connectivity index (χ1n) is 8.89. The number of hydrogen-bond donors (Lipinski definition) is 0. The van der Waals surface area contributed by atoms with Gasteiger partial charge in [-0.2, -0.15) is 5.10 Å². The topological polar surface area (TPSA) is 67.2 Å². The molecule has 0 aromatic carbocycles. The Morgan fingerprint density at radius 3 is 3.00 bits per heavy atom. The minimum Gasteiger partial charge on any atom is -0.337 e. The summed E-state index contributed by atoms with van der Waals surface area (Å²) in [6.07, 6.45) is 5.46. The van der Waals surface area contributed by atoms with E-state index in [1.165, 1.54) is 0 Å². The molecule has 2 aliphatic heterocycles. The van der Waals surface area contributed by atoms with E-state index in [0.717, 1.165) is 38.2 Å². The van der Waals surface area contributed by atoms with Crippen molar-refractivity contribution in [1.29, 1.82) is 0 Å². The van der Waals surface area contributed by atoms with E-state index >= 15 is 0 Å². The van der Waals surface area contributed by atoms with E-state index in [-0.39, 0.29) is 5.91 Å². The van der Waals surface area contributed by atoms with Gasteiger partial charge in [0.1, 0.15) is 18.3 Å². The number of rotatable bonds is 3. The number of piperidine rings is 1. The molecule has 3 atom stereocenters. The molecule has 2 aromatic rings. The van der Waals surface area contributed by atoms with E-state index in [0.29, 0.717) is 23.7 Å². The first-order chi connectivity index (χ1) is 12.1. The molecule has 0 saturated carbocycles. The Morgan fingerprint density at radius 1 is 1.36 bits per heavy atom. The smallest absolute Gasteiger partial charge is 0.272 e. The van der Waals surface area contributed by atoms with E-state index in [1.807, 2.05) is 34.7 Å². The molecule has 2 fully saturated rings. The normalized spacial score (nSPS) is 26.6. The fourth-order valence-electron chi connectivity index (χ4n) is 4.33. The minimum atomic E-state index is 0.0597. The summed E-state index contributed by atoms with van der Waals surface area (Å²) in [5, 5.41) is 4.23. The molecule has 4 rings (SSSR count). The fourth-order valence-corrected chi connectivity index (χ4v) is 4.33. The molecule has 0 bridgehead atoms. The molecule has 0 radical (unpaired) electrons. The largest absolute Gasteiger partial charge is 0.337 e. The van der Waals surface area contributed by atoms with Gasteiger partial charge in [0, 0.05) is 30.9 Å². The third kappa shape index (κ3) is 3.16. The molecular weight excluding hydrogens is 316 g/mol. The molecule has 2 aliphatic rings. The first kappa shape index (κ1) is 16.2. The third-order valence-corrected chi connectivity index (χ3v) is 5.63. The van der Waals surface area contributed by atoms with E-state index in [1.54, 1.807) is 12.7 Å². The summed E-state index contributed by atoms with van der Waals surface area (Å²) in [6, 6.07) is 6.63. The number of hydrogen-bond acceptors (Lipinski definition) is 5. The van der Waals surface area contributed by atoms with Crippen LogP contribution in [0, 0.1) is 12.8 Å². The molecule has 25 heavy (non-hydrogen) atoms. The Labute approximate surface area is 147 Å². The van der Waals surface area contributed by atoms with Crippen molar-refractivity contribution < 1.29 is 4.79 Å². The maximum absolute atomic E-state index is 12.8. The van der Waals surface area contributed by atoms with Gasteiger partial charge in [-0.25, -0.2) is 9.97 Å². The lowest BCUT2D eigenvalue weighted by Crippen LogP contribution is -2.48. The summed E-state index contributed by atoms with van der Waals surface area (Å²) < 4.78 is 1.90. The Morgan fingerprint density at radius 2 is 2.24 bits per heavy atom. The predicted octanol–water partition coefficient (Wildman–Crippen LogP) is 1.22. The molecule has 0 unspecified atom stereocenters. The molecule has 2 aromatic heterocycles. The zero-order valence-corrected chi connectivity index (χ0v) is 14.7. The Hall–Kier alpha value is -2.28. The maximum Gasteiger partial charge on any atom is 0.272 e. The van der Waals surface area contributed by atoms with Crippen molar-refractivity contribution in [3.05, 3.63) is 42.2 Å². The van der Waals surface area contributed by atoms with Crippen LogP contribution in [0.25, 0.3) is 0 Å². The van der Waals surface area contributed by atoms with Gasteiger partial charge >= 0.3 is 0 Å². The van der Waals surface area contributed by atoms with Crippen LogP contribution in [0.15, 0.2) is 30.9 Å². The number of carbonyl (C=O) groups excluding carboxylic acids is 1. The third-order valence-electron chi connectivity index (χ3n) is 5.63. The summed E-state index contributed by atoms with van der Waals surface area (Å²) in [6.45, 7) is 4.40. The average molecular weight is 340 g/mol. The number of amides is 1. The second-order valence-corrected chi connectivity index (χ2v) is 7.20. The molecule has 7 nitrogen and oxygen atoms in total. The highest BCUT2D eigenvalue weighted by Gasteiger charge is 2.43. The quantitative estimate of drug-likeness (QED) is 0.840. The molecule has 7 heteroatoms. The van der Waals surface area contributed by atoms with Crippen molar-refractivity contribution >= 4 is 5.91 Å². The number of aryl methyl sites for hydroxylation is 1. The molecule has 2 saturated heterocycles. The van der Waals surface area contributed by atoms with E-state index < -0.39 is 0 Å². The molecule has 4 heterocycles. The Kier molecular flexibility index (Phi) is 4.25. The lowest BCUT2D eigenvalue weighted by Gasteiger charge is -2.37. The monoisotopic (exact) mass is 340 g/mol. The zero-order chi connectivity index (χ0) is 17.4.